The van der Waals surface area contributed by atoms with Crippen LogP contribution in [0.25, 0.3) is 0 Å². The molecule has 1 saturated heterocycles. The second kappa shape index (κ2) is 9.77. The van der Waals surface area contributed by atoms with Crippen LogP contribution in [0.4, 0.5) is 0 Å². The number of hydrogen-bond acceptors (Lipinski definition) is 2. The van der Waals surface area contributed by atoms with Gasteiger partial charge in [-0.1, -0.05) is 34.1 Å². The fraction of sp³-hybridized carbons (Fsp3) is 1.00. The molecule has 2 unspecified atom stereocenters. The van der Waals surface area contributed by atoms with Crippen molar-refractivity contribution < 1.29 is 0 Å². The van der Waals surface area contributed by atoms with Crippen molar-refractivity contribution in [3.05, 3.63) is 0 Å². The van der Waals surface area contributed by atoms with E-state index in [9.17, 15) is 0 Å². The van der Waals surface area contributed by atoms with Crippen molar-refractivity contribution in [3.63, 3.8) is 0 Å². The Morgan fingerprint density at radius 2 is 1.79 bits per heavy atom. The molecule has 1 aliphatic rings. The SMILES string of the molecule is CCCN(CC1CCNCC1)C(CC)CC(C)CC. The monoisotopic (exact) mass is 268 g/mol. The summed E-state index contributed by atoms with van der Waals surface area (Å²) in [6.45, 7) is 14.5. The molecule has 2 atom stereocenters. The molecule has 2 nitrogen and oxygen atoms in total. The quantitative estimate of drug-likeness (QED) is 0.682. The van der Waals surface area contributed by atoms with Crippen LogP contribution in [-0.4, -0.2) is 37.1 Å². The lowest BCUT2D eigenvalue weighted by molar-refractivity contribution is 0.129. The minimum Gasteiger partial charge on any atom is -0.317 e. The Bertz CT molecular complexity index is 211. The lowest BCUT2D eigenvalue weighted by Crippen LogP contribution is -2.42. The second-order valence-electron chi connectivity index (χ2n) is 6.50. The Kier molecular flexibility index (Phi) is 8.72. The van der Waals surface area contributed by atoms with Gasteiger partial charge in [0.15, 0.2) is 0 Å². The Morgan fingerprint density at radius 1 is 1.11 bits per heavy atom. The van der Waals surface area contributed by atoms with Crippen LogP contribution >= 0.6 is 0 Å². The molecule has 1 aliphatic heterocycles. The van der Waals surface area contributed by atoms with E-state index in [1.807, 2.05) is 0 Å². The van der Waals surface area contributed by atoms with Crippen LogP contribution in [-0.2, 0) is 0 Å². The molecule has 1 rings (SSSR count). The van der Waals surface area contributed by atoms with Crippen molar-refractivity contribution in [1.82, 2.24) is 10.2 Å². The fourth-order valence-corrected chi connectivity index (χ4v) is 3.31. The van der Waals surface area contributed by atoms with Gasteiger partial charge in [-0.25, -0.2) is 0 Å². The van der Waals surface area contributed by atoms with Gasteiger partial charge < -0.3 is 10.2 Å². The van der Waals surface area contributed by atoms with Gasteiger partial charge in [0.05, 0.1) is 0 Å². The molecular weight excluding hydrogens is 232 g/mol. The van der Waals surface area contributed by atoms with Gasteiger partial charge in [-0.3, -0.25) is 0 Å². The first-order chi connectivity index (χ1) is 9.21. The molecule has 0 spiro atoms. The average Bonchev–Trinajstić information content (AvgIpc) is 2.45. The van der Waals surface area contributed by atoms with Crippen LogP contribution in [0.2, 0.25) is 0 Å². The van der Waals surface area contributed by atoms with Gasteiger partial charge in [0.2, 0.25) is 0 Å². The highest BCUT2D eigenvalue weighted by Crippen LogP contribution is 2.21. The molecule has 0 aromatic carbocycles. The van der Waals surface area contributed by atoms with Crippen molar-refractivity contribution >= 4 is 0 Å². The lowest BCUT2D eigenvalue weighted by Gasteiger charge is -2.36. The first kappa shape index (κ1) is 17.0. The van der Waals surface area contributed by atoms with E-state index in [0.717, 1.165) is 17.9 Å². The maximum Gasteiger partial charge on any atom is 0.00952 e. The van der Waals surface area contributed by atoms with Gasteiger partial charge in [-0.2, -0.15) is 0 Å². The van der Waals surface area contributed by atoms with E-state index in [4.69, 9.17) is 0 Å². The highest BCUT2D eigenvalue weighted by Gasteiger charge is 2.22. The zero-order valence-electron chi connectivity index (χ0n) is 13.8. The number of nitrogens with zero attached hydrogens (tertiary/aromatic N) is 1. The minimum atomic E-state index is 0.810. The fourth-order valence-electron chi connectivity index (χ4n) is 3.31. The van der Waals surface area contributed by atoms with Gasteiger partial charge in [0.25, 0.3) is 0 Å². The molecule has 1 heterocycles. The smallest absolute Gasteiger partial charge is 0.00952 e. The molecule has 1 N–H and O–H groups in total. The van der Waals surface area contributed by atoms with Gasteiger partial charge in [0, 0.05) is 12.6 Å². The highest BCUT2D eigenvalue weighted by atomic mass is 15.2. The Balaban J connectivity index is 2.51. The third-order valence-corrected chi connectivity index (χ3v) is 4.82. The number of hydrogen-bond donors (Lipinski definition) is 1. The molecule has 1 fully saturated rings. The van der Waals surface area contributed by atoms with Crippen LogP contribution in [0.3, 0.4) is 0 Å². The van der Waals surface area contributed by atoms with Crippen molar-refractivity contribution in [2.24, 2.45) is 11.8 Å². The van der Waals surface area contributed by atoms with Crippen LogP contribution in [0.5, 0.6) is 0 Å². The van der Waals surface area contributed by atoms with E-state index in [0.29, 0.717) is 0 Å². The van der Waals surface area contributed by atoms with E-state index >= 15 is 0 Å². The number of piperidine rings is 1. The molecule has 2 heteroatoms. The topological polar surface area (TPSA) is 15.3 Å². The van der Waals surface area contributed by atoms with Crippen molar-refractivity contribution in [3.8, 4) is 0 Å². The molecule has 0 saturated carbocycles. The summed E-state index contributed by atoms with van der Waals surface area (Å²) in [5, 5.41) is 3.49. The van der Waals surface area contributed by atoms with Crippen molar-refractivity contribution in [2.45, 2.75) is 72.3 Å². The van der Waals surface area contributed by atoms with E-state index in [2.05, 4.69) is 37.9 Å². The number of rotatable bonds is 9. The van der Waals surface area contributed by atoms with Crippen LogP contribution in [0.1, 0.15) is 66.2 Å². The second-order valence-corrected chi connectivity index (χ2v) is 6.50. The molecule has 0 bridgehead atoms. The highest BCUT2D eigenvalue weighted by molar-refractivity contribution is 4.78. The third-order valence-electron chi connectivity index (χ3n) is 4.82. The summed E-state index contributed by atoms with van der Waals surface area (Å²) in [6, 6.07) is 0.810. The largest absolute Gasteiger partial charge is 0.317 e. The van der Waals surface area contributed by atoms with Crippen LogP contribution in [0, 0.1) is 11.8 Å². The summed E-state index contributed by atoms with van der Waals surface area (Å²) < 4.78 is 0. The first-order valence-corrected chi connectivity index (χ1v) is 8.65. The molecule has 0 radical (unpaired) electrons. The molecule has 0 amide bonds. The van der Waals surface area contributed by atoms with Crippen molar-refractivity contribution in [2.75, 3.05) is 26.2 Å². The van der Waals surface area contributed by atoms with Gasteiger partial charge in [0.1, 0.15) is 0 Å². The maximum absolute atomic E-state index is 3.49. The molecule has 114 valence electrons. The van der Waals surface area contributed by atoms with Crippen LogP contribution < -0.4 is 5.32 Å². The zero-order valence-corrected chi connectivity index (χ0v) is 13.8. The van der Waals surface area contributed by atoms with Crippen LogP contribution in [0.15, 0.2) is 0 Å². The molecule has 0 aromatic heterocycles. The predicted molar refractivity (Wildman–Crippen MR) is 85.6 cm³/mol. The minimum absolute atomic E-state index is 0.810. The normalized spacial score (nSPS) is 20.7. The molecular formula is C17H36N2. The van der Waals surface area contributed by atoms with E-state index in [1.54, 1.807) is 0 Å². The van der Waals surface area contributed by atoms with E-state index in [1.165, 1.54) is 64.7 Å². The third kappa shape index (κ3) is 6.27. The summed E-state index contributed by atoms with van der Waals surface area (Å²) in [5.41, 5.74) is 0. The summed E-state index contributed by atoms with van der Waals surface area (Å²) >= 11 is 0. The van der Waals surface area contributed by atoms with Gasteiger partial charge in [-0.05, 0) is 63.6 Å². The Hall–Kier alpha value is -0.0800. The standard InChI is InChI=1S/C17H36N2/c1-5-12-19(14-16-8-10-18-11-9-16)17(7-3)13-15(4)6-2/h15-18H,5-14H2,1-4H3. The predicted octanol–water partition coefficient (Wildman–Crippen LogP) is 3.91. The van der Waals surface area contributed by atoms with E-state index in [-0.39, 0.29) is 0 Å². The van der Waals surface area contributed by atoms with E-state index < -0.39 is 0 Å². The first-order valence-electron chi connectivity index (χ1n) is 8.65. The lowest BCUT2D eigenvalue weighted by atomic mass is 9.93. The van der Waals surface area contributed by atoms with Crippen molar-refractivity contribution in [1.29, 1.82) is 0 Å². The summed E-state index contributed by atoms with van der Waals surface area (Å²) in [4.78, 5) is 2.81. The molecule has 19 heavy (non-hydrogen) atoms. The number of nitrogens with one attached hydrogen (secondary N) is 1. The molecule has 0 aromatic rings. The summed E-state index contributed by atoms with van der Waals surface area (Å²) in [5.74, 6) is 1.80. The summed E-state index contributed by atoms with van der Waals surface area (Å²) in [7, 11) is 0. The van der Waals surface area contributed by atoms with Gasteiger partial charge >= 0.3 is 0 Å². The maximum atomic E-state index is 3.49. The summed E-state index contributed by atoms with van der Waals surface area (Å²) in [6.07, 6.45) is 8.07. The van der Waals surface area contributed by atoms with Gasteiger partial charge in [-0.15, -0.1) is 0 Å². The zero-order chi connectivity index (χ0) is 14.1. The average molecular weight is 268 g/mol. The molecule has 0 aliphatic carbocycles. The Labute approximate surface area is 121 Å². The Morgan fingerprint density at radius 3 is 2.32 bits per heavy atom.